The first-order chi connectivity index (χ1) is 9.70. The molecule has 3 aliphatic heterocycles. The third-order valence-corrected chi connectivity index (χ3v) is 16.5. The quantitative estimate of drug-likeness (QED) is 0.542. The molecule has 0 aliphatic carbocycles. The Morgan fingerprint density at radius 3 is 1.85 bits per heavy atom. The van der Waals surface area contributed by atoms with Crippen molar-refractivity contribution < 1.29 is 0 Å². The molecule has 2 atom stereocenters. The van der Waals surface area contributed by atoms with Crippen LogP contribution < -0.4 is 9.18 Å². The third kappa shape index (κ3) is 2.67. The average molecular weight is 468 g/mol. The summed E-state index contributed by atoms with van der Waals surface area (Å²) in [5.74, 6) is 0. The van der Waals surface area contributed by atoms with Crippen LogP contribution in [0.25, 0.3) is 0 Å². The van der Waals surface area contributed by atoms with Crippen molar-refractivity contribution in [2.75, 3.05) is 0 Å². The van der Waals surface area contributed by atoms with Gasteiger partial charge in [0, 0.05) is 0 Å². The van der Waals surface area contributed by atoms with E-state index in [1.165, 1.54) is 21.9 Å². The Morgan fingerprint density at radius 1 is 0.850 bits per heavy atom. The van der Waals surface area contributed by atoms with Crippen molar-refractivity contribution in [3.05, 3.63) is 28.5 Å². The molecular formula is C12H10N2S4Se2. The van der Waals surface area contributed by atoms with Crippen LogP contribution in [0, 0.1) is 0 Å². The van der Waals surface area contributed by atoms with Crippen molar-refractivity contribution in [1.82, 2.24) is 9.97 Å². The molecule has 20 heavy (non-hydrogen) atoms. The summed E-state index contributed by atoms with van der Waals surface area (Å²) in [6.07, 6.45) is 3.66. The third-order valence-electron chi connectivity index (χ3n) is 2.96. The summed E-state index contributed by atoms with van der Waals surface area (Å²) >= 11 is 8.94. The zero-order chi connectivity index (χ0) is 13.7. The Labute approximate surface area is 147 Å². The Kier molecular flexibility index (Phi) is 4.30. The molecule has 0 saturated carbocycles. The first kappa shape index (κ1) is 14.6. The van der Waals surface area contributed by atoms with Gasteiger partial charge in [0.05, 0.1) is 0 Å². The molecule has 0 saturated heterocycles. The second-order valence-electron chi connectivity index (χ2n) is 4.37. The molecule has 3 aliphatic rings. The minimum atomic E-state index is 0.403. The summed E-state index contributed by atoms with van der Waals surface area (Å²) in [5, 5.41) is 1.44. The predicted octanol–water partition coefficient (Wildman–Crippen LogP) is 2.14. The number of hydrogen-bond donors (Lipinski definition) is 0. The average Bonchev–Trinajstić information content (AvgIpc) is 3.02. The normalized spacial score (nSPS) is 28.9. The van der Waals surface area contributed by atoms with Gasteiger partial charge in [-0.2, -0.15) is 0 Å². The molecule has 0 aromatic carbocycles. The van der Waals surface area contributed by atoms with Gasteiger partial charge in [-0.25, -0.2) is 0 Å². The molecule has 2 nitrogen and oxygen atoms in total. The van der Waals surface area contributed by atoms with Crippen LogP contribution in [-0.4, -0.2) is 50.4 Å². The fraction of sp³-hybridized carbons (Fsp3) is 0.333. The summed E-state index contributed by atoms with van der Waals surface area (Å²) in [6, 6.07) is 0. The van der Waals surface area contributed by atoms with Crippen LogP contribution in [-0.2, 0) is 0 Å². The summed E-state index contributed by atoms with van der Waals surface area (Å²) in [4.78, 5) is 9.00. The van der Waals surface area contributed by atoms with E-state index in [2.05, 4.69) is 47.3 Å². The zero-order valence-corrected chi connectivity index (χ0v) is 17.3. The van der Waals surface area contributed by atoms with E-state index in [9.17, 15) is 0 Å². The fourth-order valence-corrected chi connectivity index (χ4v) is 15.1. The first-order valence-corrected chi connectivity index (χ1v) is 12.9. The van der Waals surface area contributed by atoms with Crippen molar-refractivity contribution in [3.8, 4) is 0 Å². The Morgan fingerprint density at radius 2 is 1.35 bits per heavy atom. The van der Waals surface area contributed by atoms with Crippen LogP contribution in [0.2, 0.25) is 0 Å². The minimum absolute atomic E-state index is 0.403. The molecular weight excluding hydrogens is 458 g/mol. The van der Waals surface area contributed by atoms with Crippen LogP contribution in [0.3, 0.4) is 0 Å². The van der Waals surface area contributed by atoms with E-state index in [1.54, 1.807) is 3.37 Å². The summed E-state index contributed by atoms with van der Waals surface area (Å²) < 4.78 is 8.77. The molecule has 0 bridgehead atoms. The van der Waals surface area contributed by atoms with E-state index >= 15 is 0 Å². The van der Waals surface area contributed by atoms with E-state index in [0.29, 0.717) is 29.9 Å². The van der Waals surface area contributed by atoms with Gasteiger partial charge in [-0.3, -0.25) is 0 Å². The second-order valence-corrected chi connectivity index (χ2v) is 15.5. The summed E-state index contributed by atoms with van der Waals surface area (Å²) in [6.45, 7) is 4.69. The Bertz CT molecular complexity index is 595. The molecule has 1 aromatic heterocycles. The molecule has 0 fully saturated rings. The number of fused-ring (bicyclic) bond motifs is 1. The van der Waals surface area contributed by atoms with E-state index in [4.69, 9.17) is 0 Å². The number of aromatic nitrogens is 2. The van der Waals surface area contributed by atoms with Gasteiger partial charge in [-0.05, 0) is 0 Å². The van der Waals surface area contributed by atoms with Gasteiger partial charge in [-0.1, -0.05) is 0 Å². The van der Waals surface area contributed by atoms with E-state index in [-0.39, 0.29) is 0 Å². The number of rotatable bonds is 0. The topological polar surface area (TPSA) is 25.8 Å². The van der Waals surface area contributed by atoms with Crippen LogP contribution in [0.4, 0.5) is 0 Å². The van der Waals surface area contributed by atoms with Crippen LogP contribution in [0.15, 0.2) is 28.5 Å². The molecule has 0 unspecified atom stereocenters. The van der Waals surface area contributed by atoms with Crippen LogP contribution in [0.5, 0.6) is 0 Å². The van der Waals surface area contributed by atoms with Crippen molar-refractivity contribution in [2.24, 2.45) is 0 Å². The van der Waals surface area contributed by atoms with Crippen LogP contribution in [0.1, 0.15) is 13.8 Å². The number of hydrogen-bond acceptors (Lipinski definition) is 6. The molecule has 0 spiro atoms. The van der Waals surface area contributed by atoms with Gasteiger partial charge in [0.25, 0.3) is 0 Å². The van der Waals surface area contributed by atoms with Gasteiger partial charge in [0.15, 0.2) is 0 Å². The van der Waals surface area contributed by atoms with Gasteiger partial charge >= 0.3 is 149 Å². The van der Waals surface area contributed by atoms with E-state index < -0.39 is 0 Å². The molecule has 0 amide bonds. The molecule has 0 radical (unpaired) electrons. The molecule has 4 rings (SSSR count). The Balaban J connectivity index is 1.58. The molecule has 4 heterocycles. The molecule has 8 heteroatoms. The van der Waals surface area contributed by atoms with E-state index in [1.807, 2.05) is 35.9 Å². The molecule has 104 valence electrons. The van der Waals surface area contributed by atoms with Crippen molar-refractivity contribution in [1.29, 1.82) is 0 Å². The van der Waals surface area contributed by atoms with Crippen LogP contribution >= 0.6 is 47.0 Å². The number of thioether (sulfide) groups is 4. The maximum absolute atomic E-state index is 4.50. The zero-order valence-electron chi connectivity index (χ0n) is 10.7. The van der Waals surface area contributed by atoms with Gasteiger partial charge in [0.2, 0.25) is 0 Å². The fourth-order valence-electron chi connectivity index (χ4n) is 1.76. The summed E-state index contributed by atoms with van der Waals surface area (Å²) in [5.41, 5.74) is 0. The summed E-state index contributed by atoms with van der Waals surface area (Å²) in [7, 11) is 0. The molecule has 1 aromatic rings. The van der Waals surface area contributed by atoms with E-state index in [0.717, 1.165) is 10.5 Å². The maximum atomic E-state index is 4.50. The Hall–Kier alpha value is 0.999. The molecule has 0 N–H and O–H groups in total. The standard InChI is InChI=1S/C12H10N2S4Se2/c1-5-6(2)16-10-9(15-5)17-11(18-10)12-19-7-8(20-12)14-4-3-13-7/h3-6H,1-2H3/t5-,6+. The first-order valence-electron chi connectivity index (χ1n) is 6.05. The second kappa shape index (κ2) is 5.89. The van der Waals surface area contributed by atoms with Gasteiger partial charge in [-0.15, -0.1) is 0 Å². The van der Waals surface area contributed by atoms with Crippen molar-refractivity contribution in [3.63, 3.8) is 0 Å². The number of nitrogens with zero attached hydrogens (tertiary/aromatic N) is 2. The van der Waals surface area contributed by atoms with Gasteiger partial charge < -0.3 is 0 Å². The van der Waals surface area contributed by atoms with Crippen molar-refractivity contribution >= 4 is 86.1 Å². The SMILES string of the molecule is C[C@@H]1SC2=C(SC(=C3[Se]c4nccnc4[Se]3)S2)S[C@@H]1C. The van der Waals surface area contributed by atoms with Crippen molar-refractivity contribution in [2.45, 2.75) is 24.3 Å². The monoisotopic (exact) mass is 470 g/mol. The predicted molar refractivity (Wildman–Crippen MR) is 96.1 cm³/mol. The van der Waals surface area contributed by atoms with Gasteiger partial charge in [0.1, 0.15) is 0 Å².